The van der Waals surface area contributed by atoms with Crippen LogP contribution in [0.1, 0.15) is 44.1 Å². The summed E-state index contributed by atoms with van der Waals surface area (Å²) in [5.74, 6) is -0.820. The van der Waals surface area contributed by atoms with Crippen LogP contribution < -0.4 is 10.1 Å². The smallest absolute Gasteiger partial charge is 0.303 e. The van der Waals surface area contributed by atoms with Crippen LogP contribution in [0, 0.1) is 0 Å². The van der Waals surface area contributed by atoms with Gasteiger partial charge in [-0.1, -0.05) is 6.07 Å². The Kier molecular flexibility index (Phi) is 5.96. The SMILES string of the molecule is CC(CCC(=O)O)NC(=O)c1cccc(OC(C)C)n1. The van der Waals surface area contributed by atoms with Crippen LogP contribution in [-0.4, -0.2) is 34.1 Å². The topological polar surface area (TPSA) is 88.5 Å². The molecule has 0 saturated heterocycles. The van der Waals surface area contributed by atoms with E-state index in [1.807, 2.05) is 13.8 Å². The fraction of sp³-hybridized carbons (Fsp3) is 0.500. The first-order valence-corrected chi connectivity index (χ1v) is 6.55. The molecule has 0 aliphatic rings. The Bertz CT molecular complexity index is 474. The van der Waals surface area contributed by atoms with Gasteiger partial charge in [-0.2, -0.15) is 0 Å². The third-order valence-electron chi connectivity index (χ3n) is 2.48. The molecule has 1 amide bonds. The van der Waals surface area contributed by atoms with E-state index in [-0.39, 0.29) is 30.2 Å². The number of carboxylic acid groups (broad SMARTS) is 1. The molecule has 1 rings (SSSR count). The second-order valence-electron chi connectivity index (χ2n) is 4.83. The first-order chi connectivity index (χ1) is 9.38. The number of aromatic nitrogens is 1. The number of hydrogen-bond donors (Lipinski definition) is 2. The molecule has 2 N–H and O–H groups in total. The van der Waals surface area contributed by atoms with E-state index >= 15 is 0 Å². The molecule has 0 spiro atoms. The monoisotopic (exact) mass is 280 g/mol. The third-order valence-corrected chi connectivity index (χ3v) is 2.48. The first-order valence-electron chi connectivity index (χ1n) is 6.55. The number of carboxylic acids is 1. The molecule has 0 fully saturated rings. The molecule has 110 valence electrons. The van der Waals surface area contributed by atoms with Crippen molar-refractivity contribution < 1.29 is 19.4 Å². The Balaban J connectivity index is 2.60. The van der Waals surface area contributed by atoms with Crippen LogP contribution in [0.2, 0.25) is 0 Å². The quantitative estimate of drug-likeness (QED) is 0.795. The van der Waals surface area contributed by atoms with Crippen LogP contribution in [-0.2, 0) is 4.79 Å². The number of amides is 1. The minimum Gasteiger partial charge on any atom is -0.481 e. The number of hydrogen-bond acceptors (Lipinski definition) is 4. The van der Waals surface area contributed by atoms with E-state index in [0.717, 1.165) is 0 Å². The van der Waals surface area contributed by atoms with E-state index in [2.05, 4.69) is 10.3 Å². The summed E-state index contributed by atoms with van der Waals surface area (Å²) in [6, 6.07) is 4.74. The highest BCUT2D eigenvalue weighted by Gasteiger charge is 2.13. The number of ether oxygens (including phenoxy) is 1. The Morgan fingerprint density at radius 2 is 2.05 bits per heavy atom. The lowest BCUT2D eigenvalue weighted by atomic mass is 10.2. The van der Waals surface area contributed by atoms with Crippen molar-refractivity contribution in [1.29, 1.82) is 0 Å². The van der Waals surface area contributed by atoms with Crippen LogP contribution in [0.4, 0.5) is 0 Å². The van der Waals surface area contributed by atoms with Gasteiger partial charge >= 0.3 is 5.97 Å². The summed E-state index contributed by atoms with van der Waals surface area (Å²) in [5.41, 5.74) is 0.255. The lowest BCUT2D eigenvalue weighted by Crippen LogP contribution is -2.33. The number of nitrogens with one attached hydrogen (secondary N) is 1. The highest BCUT2D eigenvalue weighted by molar-refractivity contribution is 5.92. The van der Waals surface area contributed by atoms with Crippen LogP contribution >= 0.6 is 0 Å². The van der Waals surface area contributed by atoms with Gasteiger partial charge in [0.25, 0.3) is 5.91 Å². The molecule has 0 aromatic carbocycles. The van der Waals surface area contributed by atoms with Crippen LogP contribution in [0.5, 0.6) is 5.88 Å². The molecule has 0 bridgehead atoms. The van der Waals surface area contributed by atoms with Gasteiger partial charge in [0.15, 0.2) is 0 Å². The molecule has 1 heterocycles. The van der Waals surface area contributed by atoms with Crippen LogP contribution in [0.25, 0.3) is 0 Å². The fourth-order valence-electron chi connectivity index (χ4n) is 1.56. The number of carbonyl (C=O) groups is 2. The maximum atomic E-state index is 12.0. The van der Waals surface area contributed by atoms with Crippen molar-refractivity contribution in [3.63, 3.8) is 0 Å². The van der Waals surface area contributed by atoms with E-state index in [9.17, 15) is 9.59 Å². The lowest BCUT2D eigenvalue weighted by molar-refractivity contribution is -0.137. The van der Waals surface area contributed by atoms with E-state index in [0.29, 0.717) is 12.3 Å². The molecule has 6 nitrogen and oxygen atoms in total. The minimum atomic E-state index is -0.878. The molecule has 0 saturated carbocycles. The number of pyridine rings is 1. The number of aliphatic carboxylic acids is 1. The predicted molar refractivity (Wildman–Crippen MR) is 73.8 cm³/mol. The lowest BCUT2D eigenvalue weighted by Gasteiger charge is -2.13. The second kappa shape index (κ2) is 7.47. The van der Waals surface area contributed by atoms with Gasteiger partial charge < -0.3 is 15.2 Å². The predicted octanol–water partition coefficient (Wildman–Crippen LogP) is 1.85. The van der Waals surface area contributed by atoms with Crippen molar-refractivity contribution in [3.8, 4) is 5.88 Å². The summed E-state index contributed by atoms with van der Waals surface area (Å²) in [7, 11) is 0. The summed E-state index contributed by atoms with van der Waals surface area (Å²) in [4.78, 5) is 26.5. The number of carbonyl (C=O) groups excluding carboxylic acids is 1. The molecule has 1 unspecified atom stereocenters. The Morgan fingerprint density at radius 3 is 2.65 bits per heavy atom. The molecular weight excluding hydrogens is 260 g/mol. The third kappa shape index (κ3) is 5.69. The summed E-state index contributed by atoms with van der Waals surface area (Å²) < 4.78 is 5.42. The average molecular weight is 280 g/mol. The van der Waals surface area contributed by atoms with Gasteiger partial charge in [0.2, 0.25) is 5.88 Å². The molecule has 0 aliphatic carbocycles. The first kappa shape index (κ1) is 15.9. The highest BCUT2D eigenvalue weighted by Crippen LogP contribution is 2.10. The number of nitrogens with zero attached hydrogens (tertiary/aromatic N) is 1. The van der Waals surface area contributed by atoms with E-state index in [1.165, 1.54) is 0 Å². The fourth-order valence-corrected chi connectivity index (χ4v) is 1.56. The largest absolute Gasteiger partial charge is 0.481 e. The molecular formula is C14H20N2O4. The Hall–Kier alpha value is -2.11. The minimum absolute atomic E-state index is 0.0182. The van der Waals surface area contributed by atoms with Gasteiger partial charge in [0, 0.05) is 18.5 Å². The second-order valence-corrected chi connectivity index (χ2v) is 4.83. The molecule has 6 heteroatoms. The molecule has 1 aromatic rings. The average Bonchev–Trinajstić information content (AvgIpc) is 2.36. The van der Waals surface area contributed by atoms with Crippen molar-refractivity contribution in [1.82, 2.24) is 10.3 Å². The van der Waals surface area contributed by atoms with E-state index in [4.69, 9.17) is 9.84 Å². The normalized spacial score (nSPS) is 12.0. The number of rotatable bonds is 7. The van der Waals surface area contributed by atoms with E-state index in [1.54, 1.807) is 25.1 Å². The van der Waals surface area contributed by atoms with Gasteiger partial charge in [0.1, 0.15) is 5.69 Å². The zero-order valence-corrected chi connectivity index (χ0v) is 11.9. The van der Waals surface area contributed by atoms with Crippen molar-refractivity contribution in [2.45, 2.75) is 45.8 Å². The molecule has 1 atom stereocenters. The van der Waals surface area contributed by atoms with Gasteiger partial charge in [0.05, 0.1) is 6.10 Å². The van der Waals surface area contributed by atoms with Gasteiger partial charge in [-0.3, -0.25) is 9.59 Å². The summed E-state index contributed by atoms with van der Waals surface area (Å²) in [5, 5.41) is 11.3. The van der Waals surface area contributed by atoms with Gasteiger partial charge in [-0.25, -0.2) is 4.98 Å². The summed E-state index contributed by atoms with van der Waals surface area (Å²) in [6.07, 6.45) is 0.379. The van der Waals surface area contributed by atoms with Crippen molar-refractivity contribution in [3.05, 3.63) is 23.9 Å². The van der Waals surface area contributed by atoms with Gasteiger partial charge in [-0.05, 0) is 33.3 Å². The zero-order valence-electron chi connectivity index (χ0n) is 11.9. The zero-order chi connectivity index (χ0) is 15.1. The van der Waals surface area contributed by atoms with Gasteiger partial charge in [-0.15, -0.1) is 0 Å². The summed E-state index contributed by atoms with van der Waals surface area (Å²) in [6.45, 7) is 5.51. The Labute approximate surface area is 118 Å². The molecule has 20 heavy (non-hydrogen) atoms. The van der Waals surface area contributed by atoms with Crippen molar-refractivity contribution in [2.24, 2.45) is 0 Å². The molecule has 1 aromatic heterocycles. The standard InChI is InChI=1S/C14H20N2O4/c1-9(2)20-12-6-4-5-11(16-12)14(19)15-10(3)7-8-13(17)18/h4-6,9-10H,7-8H2,1-3H3,(H,15,19)(H,17,18). The van der Waals surface area contributed by atoms with Crippen molar-refractivity contribution >= 4 is 11.9 Å². The maximum absolute atomic E-state index is 12.0. The van der Waals surface area contributed by atoms with Crippen molar-refractivity contribution in [2.75, 3.05) is 0 Å². The molecule has 0 aliphatic heterocycles. The molecule has 0 radical (unpaired) electrons. The highest BCUT2D eigenvalue weighted by atomic mass is 16.5. The van der Waals surface area contributed by atoms with Crippen LogP contribution in [0.15, 0.2) is 18.2 Å². The van der Waals surface area contributed by atoms with Crippen LogP contribution in [0.3, 0.4) is 0 Å². The Morgan fingerprint density at radius 1 is 1.35 bits per heavy atom. The summed E-state index contributed by atoms with van der Waals surface area (Å²) >= 11 is 0. The van der Waals surface area contributed by atoms with E-state index < -0.39 is 5.97 Å². The maximum Gasteiger partial charge on any atom is 0.303 e.